The van der Waals surface area contributed by atoms with Gasteiger partial charge in [0.15, 0.2) is 16.8 Å². The Hall–Kier alpha value is -2.01. The molecule has 0 bridgehead atoms. The molecule has 1 aromatic heterocycles. The number of fused-ring (bicyclic) bond motifs is 1. The van der Waals surface area contributed by atoms with E-state index in [1.807, 2.05) is 4.57 Å². The molecule has 1 aliphatic rings. The monoisotopic (exact) mass is 495 g/mol. The quantitative estimate of drug-likeness (QED) is 0.399. The molecule has 0 saturated carbocycles. The molecule has 0 spiro atoms. The summed E-state index contributed by atoms with van der Waals surface area (Å²) in [5.74, 6) is -1.55. The molecule has 3 aromatic rings. The van der Waals surface area contributed by atoms with Crippen LogP contribution in [0, 0.1) is 11.6 Å². The van der Waals surface area contributed by atoms with Gasteiger partial charge in [0, 0.05) is 31.0 Å². The third-order valence-electron chi connectivity index (χ3n) is 5.83. The molecule has 0 radical (unpaired) electrons. The maximum Gasteiger partial charge on any atom is 0.243 e. The second kappa shape index (κ2) is 10.1. The first kappa shape index (κ1) is 24.1. The molecular formula is C23H27F2N3O3S2. The maximum atomic E-state index is 14.2. The van der Waals surface area contributed by atoms with E-state index in [1.54, 1.807) is 38.1 Å². The normalized spacial score (nSPS) is 16.8. The summed E-state index contributed by atoms with van der Waals surface area (Å²) < 4.78 is 62.9. The Balaban J connectivity index is 1.71. The van der Waals surface area contributed by atoms with Crippen molar-refractivity contribution in [3.63, 3.8) is 0 Å². The lowest BCUT2D eigenvalue weighted by molar-refractivity contribution is 0.0960. The number of sulfonamides is 1. The van der Waals surface area contributed by atoms with Crippen molar-refractivity contribution in [1.29, 1.82) is 0 Å². The largest absolute Gasteiger partial charge is 0.376 e. The molecule has 4 rings (SSSR count). The van der Waals surface area contributed by atoms with Crippen LogP contribution in [-0.4, -0.2) is 48.1 Å². The van der Waals surface area contributed by atoms with Crippen LogP contribution in [0.15, 0.2) is 46.5 Å². The molecule has 178 valence electrons. The van der Waals surface area contributed by atoms with Crippen molar-refractivity contribution in [2.75, 3.05) is 19.7 Å². The van der Waals surface area contributed by atoms with Gasteiger partial charge in [-0.15, -0.1) is 0 Å². The zero-order chi connectivity index (χ0) is 23.6. The van der Waals surface area contributed by atoms with Crippen molar-refractivity contribution in [3.05, 3.63) is 53.6 Å². The lowest BCUT2D eigenvalue weighted by Crippen LogP contribution is -2.30. The van der Waals surface area contributed by atoms with Gasteiger partial charge >= 0.3 is 0 Å². The number of rotatable bonds is 9. The van der Waals surface area contributed by atoms with Crippen LogP contribution in [-0.2, 0) is 27.1 Å². The molecule has 0 unspecified atom stereocenters. The van der Waals surface area contributed by atoms with Crippen LogP contribution in [0.25, 0.3) is 11.0 Å². The molecule has 0 amide bonds. The van der Waals surface area contributed by atoms with Crippen LogP contribution in [0.5, 0.6) is 0 Å². The van der Waals surface area contributed by atoms with Gasteiger partial charge < -0.3 is 9.30 Å². The second-order valence-corrected chi connectivity index (χ2v) is 10.8. The summed E-state index contributed by atoms with van der Waals surface area (Å²) in [6, 6.07) is 9.07. The Morgan fingerprint density at radius 3 is 2.70 bits per heavy atom. The van der Waals surface area contributed by atoms with Gasteiger partial charge in [-0.25, -0.2) is 22.2 Å². The first-order chi connectivity index (χ1) is 15.8. The van der Waals surface area contributed by atoms with Gasteiger partial charge in [0.1, 0.15) is 0 Å². The molecule has 2 heterocycles. The highest BCUT2D eigenvalue weighted by molar-refractivity contribution is 7.98. The Labute approximate surface area is 197 Å². The van der Waals surface area contributed by atoms with Crippen LogP contribution >= 0.6 is 11.8 Å². The van der Waals surface area contributed by atoms with Crippen molar-refractivity contribution in [2.45, 2.75) is 55.1 Å². The summed E-state index contributed by atoms with van der Waals surface area (Å²) in [5, 5.41) is 0.613. The van der Waals surface area contributed by atoms with Gasteiger partial charge in [-0.05, 0) is 37.1 Å². The van der Waals surface area contributed by atoms with Crippen LogP contribution in [0.2, 0.25) is 0 Å². The highest BCUT2D eigenvalue weighted by Gasteiger charge is 2.25. The number of aromatic nitrogens is 2. The first-order valence-corrected chi connectivity index (χ1v) is 13.5. The maximum absolute atomic E-state index is 14.2. The molecule has 0 N–H and O–H groups in total. The summed E-state index contributed by atoms with van der Waals surface area (Å²) in [7, 11) is -3.62. The fourth-order valence-corrected chi connectivity index (χ4v) is 6.52. The van der Waals surface area contributed by atoms with Crippen molar-refractivity contribution in [3.8, 4) is 0 Å². The zero-order valence-electron chi connectivity index (χ0n) is 18.6. The SMILES string of the molecule is CCN(CC)S(=O)(=O)c1ccc2c(c1)nc(SCc1cccc(F)c1F)n2C[C@@H]1CCCO1. The van der Waals surface area contributed by atoms with Gasteiger partial charge in [-0.3, -0.25) is 0 Å². The molecule has 33 heavy (non-hydrogen) atoms. The minimum absolute atomic E-state index is 0.0340. The summed E-state index contributed by atoms with van der Waals surface area (Å²) in [5.41, 5.74) is 1.58. The summed E-state index contributed by atoms with van der Waals surface area (Å²) >= 11 is 1.29. The molecule has 0 aliphatic carbocycles. The van der Waals surface area contributed by atoms with E-state index in [9.17, 15) is 17.2 Å². The summed E-state index contributed by atoms with van der Waals surface area (Å²) in [6.45, 7) is 5.63. The van der Waals surface area contributed by atoms with E-state index in [1.165, 1.54) is 22.1 Å². The fourth-order valence-electron chi connectivity index (χ4n) is 4.04. The van der Waals surface area contributed by atoms with Gasteiger partial charge in [0.2, 0.25) is 10.0 Å². The third kappa shape index (κ3) is 4.94. The Morgan fingerprint density at radius 1 is 1.21 bits per heavy atom. The number of ether oxygens (including phenoxy) is 1. The van der Waals surface area contributed by atoms with Crippen LogP contribution in [0.3, 0.4) is 0 Å². The molecule has 2 aromatic carbocycles. The number of hydrogen-bond acceptors (Lipinski definition) is 5. The zero-order valence-corrected chi connectivity index (χ0v) is 20.3. The number of imidazole rings is 1. The van der Waals surface area contributed by atoms with Crippen molar-refractivity contribution in [2.24, 2.45) is 0 Å². The standard InChI is InChI=1S/C23H27F2N3O3S2/c1-3-27(4-2)33(29,30)18-10-11-21-20(13-18)26-23(28(21)14-17-8-6-12-31-17)32-15-16-7-5-9-19(24)22(16)25/h5,7,9-11,13,17H,3-4,6,8,12,14-15H2,1-2H3/t17-/m0/s1. The van der Waals surface area contributed by atoms with Gasteiger partial charge in [-0.1, -0.05) is 37.7 Å². The molecular weight excluding hydrogens is 468 g/mol. The van der Waals surface area contributed by atoms with Crippen molar-refractivity contribution < 1.29 is 21.9 Å². The minimum atomic E-state index is -3.62. The van der Waals surface area contributed by atoms with Gasteiger partial charge in [0.05, 0.1) is 28.6 Å². The third-order valence-corrected chi connectivity index (χ3v) is 8.90. The van der Waals surface area contributed by atoms with Crippen molar-refractivity contribution in [1.82, 2.24) is 13.9 Å². The van der Waals surface area contributed by atoms with Gasteiger partial charge in [-0.2, -0.15) is 4.31 Å². The van der Waals surface area contributed by atoms with E-state index in [4.69, 9.17) is 4.74 Å². The number of hydrogen-bond donors (Lipinski definition) is 0. The average Bonchev–Trinajstić information content (AvgIpc) is 3.43. The van der Waals surface area contributed by atoms with Crippen LogP contribution < -0.4 is 0 Å². The van der Waals surface area contributed by atoms with E-state index in [0.29, 0.717) is 36.9 Å². The number of benzene rings is 2. The number of halogens is 2. The fraction of sp³-hybridized carbons (Fsp3) is 0.435. The lowest BCUT2D eigenvalue weighted by Gasteiger charge is -2.18. The Morgan fingerprint density at radius 2 is 2.00 bits per heavy atom. The number of thioether (sulfide) groups is 1. The second-order valence-electron chi connectivity index (χ2n) is 7.88. The van der Waals surface area contributed by atoms with E-state index in [0.717, 1.165) is 24.4 Å². The van der Waals surface area contributed by atoms with Crippen molar-refractivity contribution >= 4 is 32.8 Å². The summed E-state index contributed by atoms with van der Waals surface area (Å²) in [6.07, 6.45) is 1.95. The van der Waals surface area contributed by atoms with E-state index < -0.39 is 21.7 Å². The molecule has 1 aliphatic heterocycles. The average molecular weight is 496 g/mol. The highest BCUT2D eigenvalue weighted by atomic mass is 32.2. The van der Waals surface area contributed by atoms with Crippen LogP contribution in [0.4, 0.5) is 8.78 Å². The van der Waals surface area contributed by atoms with E-state index in [-0.39, 0.29) is 22.3 Å². The predicted octanol–water partition coefficient (Wildman–Crippen LogP) is 4.82. The smallest absolute Gasteiger partial charge is 0.243 e. The summed E-state index contributed by atoms with van der Waals surface area (Å²) in [4.78, 5) is 4.87. The molecule has 1 atom stereocenters. The lowest BCUT2D eigenvalue weighted by atomic mass is 10.2. The molecule has 10 heteroatoms. The van der Waals surface area contributed by atoms with Gasteiger partial charge in [0.25, 0.3) is 0 Å². The Kier molecular flexibility index (Phi) is 7.37. The Bertz CT molecular complexity index is 1240. The minimum Gasteiger partial charge on any atom is -0.376 e. The highest BCUT2D eigenvalue weighted by Crippen LogP contribution is 2.31. The number of nitrogens with zero attached hydrogens (tertiary/aromatic N) is 3. The van der Waals surface area contributed by atoms with Crippen LogP contribution in [0.1, 0.15) is 32.3 Å². The molecule has 1 saturated heterocycles. The predicted molar refractivity (Wildman–Crippen MR) is 125 cm³/mol. The molecule has 1 fully saturated rings. The first-order valence-electron chi connectivity index (χ1n) is 11.0. The van der Waals surface area contributed by atoms with E-state index >= 15 is 0 Å². The molecule has 6 nitrogen and oxygen atoms in total. The van der Waals surface area contributed by atoms with E-state index in [2.05, 4.69) is 4.98 Å². The topological polar surface area (TPSA) is 64.4 Å².